The Morgan fingerprint density at radius 3 is 2.60 bits per heavy atom. The van der Waals surface area contributed by atoms with E-state index in [0.717, 1.165) is 5.69 Å². The minimum absolute atomic E-state index is 0.212. The van der Waals surface area contributed by atoms with Gasteiger partial charge in [-0.2, -0.15) is 0 Å². The van der Waals surface area contributed by atoms with Crippen LogP contribution in [-0.4, -0.2) is 97.8 Å². The summed E-state index contributed by atoms with van der Waals surface area (Å²) in [7, 11) is 3.20. The standard InChI is InChI=1S/C20H25N5O5/c1-4-30-18(27)13-5-7-14(8-6-13)23-9-10-24-15-16(21-19(23)24)22(2)20(28)25(17(15)26)11-12-29-3/h5-8,15-16H,4,9-12H2,1-3H3. The van der Waals surface area contributed by atoms with Crippen molar-refractivity contribution in [1.82, 2.24) is 14.7 Å². The van der Waals surface area contributed by atoms with Crippen LogP contribution in [0.25, 0.3) is 0 Å². The number of nitrogens with zero attached hydrogens (tertiary/aromatic N) is 5. The van der Waals surface area contributed by atoms with Gasteiger partial charge in [-0.1, -0.05) is 0 Å². The van der Waals surface area contributed by atoms with E-state index in [9.17, 15) is 14.4 Å². The van der Waals surface area contributed by atoms with Gasteiger partial charge in [0.25, 0.3) is 5.91 Å². The highest BCUT2D eigenvalue weighted by atomic mass is 16.5. The van der Waals surface area contributed by atoms with Crippen LogP contribution in [0.1, 0.15) is 17.3 Å². The number of amides is 3. The number of guanidine groups is 1. The lowest BCUT2D eigenvalue weighted by molar-refractivity contribution is -0.137. The van der Waals surface area contributed by atoms with Crippen molar-refractivity contribution in [3.63, 3.8) is 0 Å². The lowest BCUT2D eigenvalue weighted by Crippen LogP contribution is -2.65. The Morgan fingerprint density at radius 2 is 1.93 bits per heavy atom. The van der Waals surface area contributed by atoms with E-state index in [0.29, 0.717) is 31.2 Å². The third-order valence-electron chi connectivity index (χ3n) is 5.59. The van der Waals surface area contributed by atoms with E-state index in [4.69, 9.17) is 14.5 Å². The molecule has 2 saturated heterocycles. The van der Waals surface area contributed by atoms with Gasteiger partial charge in [-0.25, -0.2) is 14.6 Å². The average molecular weight is 415 g/mol. The summed E-state index contributed by atoms with van der Waals surface area (Å²) in [6, 6.07) is 6.19. The number of methoxy groups -OCH3 is 1. The predicted octanol–water partition coefficient (Wildman–Crippen LogP) is 0.590. The van der Waals surface area contributed by atoms with Crippen LogP contribution in [0.3, 0.4) is 0 Å². The molecule has 0 spiro atoms. The van der Waals surface area contributed by atoms with Gasteiger partial charge in [0.2, 0.25) is 5.96 Å². The second-order valence-electron chi connectivity index (χ2n) is 7.28. The molecule has 0 saturated carbocycles. The molecule has 1 aromatic rings. The second-order valence-corrected chi connectivity index (χ2v) is 7.28. The maximum Gasteiger partial charge on any atom is 0.338 e. The highest BCUT2D eigenvalue weighted by Crippen LogP contribution is 2.33. The van der Waals surface area contributed by atoms with E-state index in [1.165, 1.54) is 16.9 Å². The first-order valence-electron chi connectivity index (χ1n) is 9.94. The molecular formula is C20H25N5O5. The minimum atomic E-state index is -0.555. The Hall–Kier alpha value is -3.14. The van der Waals surface area contributed by atoms with Gasteiger partial charge in [-0.15, -0.1) is 0 Å². The molecule has 0 aromatic heterocycles. The van der Waals surface area contributed by atoms with Gasteiger partial charge >= 0.3 is 12.0 Å². The van der Waals surface area contributed by atoms with E-state index < -0.39 is 12.2 Å². The van der Waals surface area contributed by atoms with Crippen molar-refractivity contribution in [2.75, 3.05) is 51.9 Å². The van der Waals surface area contributed by atoms with E-state index >= 15 is 0 Å². The number of likely N-dealkylation sites (N-methyl/N-ethyl adjacent to an activating group) is 1. The van der Waals surface area contributed by atoms with Crippen molar-refractivity contribution in [2.45, 2.75) is 19.1 Å². The molecule has 10 nitrogen and oxygen atoms in total. The van der Waals surface area contributed by atoms with E-state index in [-0.39, 0.29) is 31.1 Å². The number of urea groups is 1. The number of carbonyl (C=O) groups excluding carboxylic acids is 3. The van der Waals surface area contributed by atoms with Crippen molar-refractivity contribution < 1.29 is 23.9 Å². The van der Waals surface area contributed by atoms with Gasteiger partial charge in [0.1, 0.15) is 0 Å². The van der Waals surface area contributed by atoms with Crippen LogP contribution in [0.5, 0.6) is 0 Å². The molecule has 30 heavy (non-hydrogen) atoms. The third kappa shape index (κ3) is 3.17. The Morgan fingerprint density at radius 1 is 1.20 bits per heavy atom. The predicted molar refractivity (Wildman–Crippen MR) is 108 cm³/mol. The zero-order valence-electron chi connectivity index (χ0n) is 17.3. The molecule has 1 aromatic carbocycles. The van der Waals surface area contributed by atoms with Gasteiger partial charge in [-0.05, 0) is 31.2 Å². The van der Waals surface area contributed by atoms with Crippen molar-refractivity contribution in [3.8, 4) is 0 Å². The number of ether oxygens (including phenoxy) is 2. The molecule has 0 bridgehead atoms. The van der Waals surface area contributed by atoms with Crippen molar-refractivity contribution >= 4 is 29.6 Å². The first-order chi connectivity index (χ1) is 14.5. The van der Waals surface area contributed by atoms with Crippen molar-refractivity contribution in [1.29, 1.82) is 0 Å². The molecule has 3 amide bonds. The Labute approximate surface area is 174 Å². The number of esters is 1. The summed E-state index contributed by atoms with van der Waals surface area (Å²) in [6.07, 6.45) is -0.555. The Kier molecular flexibility index (Phi) is 5.33. The summed E-state index contributed by atoms with van der Waals surface area (Å²) < 4.78 is 10.1. The highest BCUT2D eigenvalue weighted by molar-refractivity contribution is 6.08. The summed E-state index contributed by atoms with van der Waals surface area (Å²) in [4.78, 5) is 49.0. The zero-order chi connectivity index (χ0) is 21.4. The molecule has 2 fully saturated rings. The maximum atomic E-state index is 13.1. The monoisotopic (exact) mass is 415 g/mol. The maximum absolute atomic E-state index is 13.1. The lowest BCUT2D eigenvalue weighted by Gasteiger charge is -2.40. The molecule has 0 N–H and O–H groups in total. The number of fused-ring (bicyclic) bond motifs is 3. The van der Waals surface area contributed by atoms with Crippen LogP contribution in [0, 0.1) is 0 Å². The van der Waals surface area contributed by atoms with Crippen LogP contribution < -0.4 is 4.90 Å². The van der Waals surface area contributed by atoms with Gasteiger partial charge in [0.05, 0.1) is 25.3 Å². The second kappa shape index (κ2) is 7.94. The van der Waals surface area contributed by atoms with Gasteiger partial charge < -0.3 is 24.2 Å². The van der Waals surface area contributed by atoms with E-state index in [1.807, 2.05) is 21.9 Å². The molecule has 3 heterocycles. The molecule has 3 aliphatic rings. The molecule has 3 aliphatic heterocycles. The molecular weight excluding hydrogens is 390 g/mol. The number of hydrogen-bond acceptors (Lipinski definition) is 8. The number of benzene rings is 1. The first kappa shape index (κ1) is 20.1. The number of hydrogen-bond donors (Lipinski definition) is 0. The van der Waals surface area contributed by atoms with E-state index in [2.05, 4.69) is 0 Å². The number of carbonyl (C=O) groups is 3. The van der Waals surface area contributed by atoms with Crippen LogP contribution in [0.15, 0.2) is 29.3 Å². The number of rotatable bonds is 6. The summed E-state index contributed by atoms with van der Waals surface area (Å²) in [5, 5.41) is 0. The summed E-state index contributed by atoms with van der Waals surface area (Å²) in [5.74, 6) is 0.0482. The van der Waals surface area contributed by atoms with Crippen LogP contribution >= 0.6 is 0 Å². The van der Waals surface area contributed by atoms with Gasteiger partial charge in [-0.3, -0.25) is 9.69 Å². The van der Waals surface area contributed by atoms with E-state index in [1.54, 1.807) is 26.1 Å². The molecule has 160 valence electrons. The van der Waals surface area contributed by atoms with Crippen LogP contribution in [-0.2, 0) is 14.3 Å². The SMILES string of the molecule is CCOC(=O)c1ccc(N2CCN3C2=NC2C3C(=O)N(CCOC)C(=O)N2C)cc1. The first-order valence-corrected chi connectivity index (χ1v) is 9.94. The Balaban J connectivity index is 1.56. The smallest absolute Gasteiger partial charge is 0.338 e. The van der Waals surface area contributed by atoms with Crippen molar-refractivity contribution in [2.24, 2.45) is 4.99 Å². The number of aliphatic imine (C=N–C) groups is 1. The third-order valence-corrected chi connectivity index (χ3v) is 5.59. The summed E-state index contributed by atoms with van der Waals surface area (Å²) in [5.41, 5.74) is 1.34. The lowest BCUT2D eigenvalue weighted by atomic mass is 10.1. The highest BCUT2D eigenvalue weighted by Gasteiger charge is 2.54. The largest absolute Gasteiger partial charge is 0.462 e. The fourth-order valence-electron chi connectivity index (χ4n) is 4.06. The fourth-order valence-corrected chi connectivity index (χ4v) is 4.06. The molecule has 4 rings (SSSR count). The fraction of sp³-hybridized carbons (Fsp3) is 0.500. The molecule has 2 atom stereocenters. The molecule has 10 heteroatoms. The summed E-state index contributed by atoms with van der Waals surface area (Å²) >= 11 is 0. The minimum Gasteiger partial charge on any atom is -0.462 e. The van der Waals surface area contributed by atoms with Gasteiger partial charge in [0.15, 0.2) is 12.2 Å². The summed E-state index contributed by atoms with van der Waals surface area (Å²) in [6.45, 7) is 3.86. The zero-order valence-corrected chi connectivity index (χ0v) is 17.3. The average Bonchev–Trinajstić information content (AvgIpc) is 3.32. The van der Waals surface area contributed by atoms with Crippen LogP contribution in [0.4, 0.5) is 10.5 Å². The Bertz CT molecular complexity index is 886. The molecule has 0 radical (unpaired) electrons. The topological polar surface area (TPSA) is 95.0 Å². The molecule has 2 unspecified atom stereocenters. The van der Waals surface area contributed by atoms with Crippen molar-refractivity contribution in [3.05, 3.63) is 29.8 Å². The van der Waals surface area contributed by atoms with Gasteiger partial charge in [0, 0.05) is 32.9 Å². The quantitative estimate of drug-likeness (QED) is 0.628. The van der Waals surface area contributed by atoms with Crippen LogP contribution in [0.2, 0.25) is 0 Å². The number of imide groups is 1. The number of anilines is 1. The molecule has 0 aliphatic carbocycles. The normalized spacial score (nSPS) is 23.0.